The molecule has 20 heavy (non-hydrogen) atoms. The first-order valence-corrected chi connectivity index (χ1v) is 7.62. The lowest BCUT2D eigenvalue weighted by Crippen LogP contribution is -2.26. The Labute approximate surface area is 127 Å². The third kappa shape index (κ3) is 4.44. The highest BCUT2D eigenvalue weighted by Gasteiger charge is 2.05. The van der Waals surface area contributed by atoms with Crippen molar-refractivity contribution in [3.63, 3.8) is 0 Å². The van der Waals surface area contributed by atoms with E-state index in [1.54, 1.807) is 0 Å². The number of nitrogens with one attached hydrogen (secondary N) is 2. The van der Waals surface area contributed by atoms with Gasteiger partial charge in [0.25, 0.3) is 0 Å². The third-order valence-corrected chi connectivity index (χ3v) is 3.73. The van der Waals surface area contributed by atoms with E-state index in [9.17, 15) is 0 Å². The molecule has 108 valence electrons. The lowest BCUT2D eigenvalue weighted by atomic mass is 10.2. The zero-order valence-electron chi connectivity index (χ0n) is 11.6. The molecule has 1 aromatic carbocycles. The molecule has 1 unspecified atom stereocenters. The van der Waals surface area contributed by atoms with Crippen LogP contribution in [0.2, 0.25) is 0 Å². The second-order valence-corrected chi connectivity index (χ2v) is 5.81. The number of aromatic nitrogens is 2. The number of aromatic amines is 1. The van der Waals surface area contributed by atoms with Gasteiger partial charge >= 0.3 is 0 Å². The molecule has 0 bridgehead atoms. The quantitative estimate of drug-likeness (QED) is 0.727. The molecule has 0 spiro atoms. The number of imidazole rings is 1. The van der Waals surface area contributed by atoms with Crippen molar-refractivity contribution in [1.29, 1.82) is 0 Å². The first-order valence-electron chi connectivity index (χ1n) is 6.83. The van der Waals surface area contributed by atoms with E-state index < -0.39 is 0 Å². The molecule has 5 heteroatoms. The van der Waals surface area contributed by atoms with Crippen molar-refractivity contribution < 1.29 is 5.11 Å². The predicted molar refractivity (Wildman–Crippen MR) is 84.3 cm³/mol. The van der Waals surface area contributed by atoms with Gasteiger partial charge in [-0.1, -0.05) is 28.1 Å². The number of nitrogens with zero attached hydrogens (tertiary/aromatic N) is 1. The zero-order valence-corrected chi connectivity index (χ0v) is 13.2. The van der Waals surface area contributed by atoms with Crippen LogP contribution in [-0.4, -0.2) is 27.7 Å². The van der Waals surface area contributed by atoms with Gasteiger partial charge in [-0.2, -0.15) is 0 Å². The van der Waals surface area contributed by atoms with Crippen molar-refractivity contribution in [2.45, 2.75) is 32.4 Å². The topological polar surface area (TPSA) is 60.9 Å². The van der Waals surface area contributed by atoms with Crippen molar-refractivity contribution >= 4 is 15.9 Å². The van der Waals surface area contributed by atoms with E-state index in [0.29, 0.717) is 12.6 Å². The van der Waals surface area contributed by atoms with E-state index in [1.165, 1.54) is 0 Å². The maximum absolute atomic E-state index is 8.80. The lowest BCUT2D eigenvalue weighted by molar-refractivity contribution is 0.276. The van der Waals surface area contributed by atoms with Crippen LogP contribution in [0, 0.1) is 0 Å². The molecule has 1 atom stereocenters. The van der Waals surface area contributed by atoms with Crippen LogP contribution in [0.15, 0.2) is 34.9 Å². The Kier molecular flexibility index (Phi) is 5.76. The Morgan fingerprint density at radius 1 is 1.35 bits per heavy atom. The highest BCUT2D eigenvalue weighted by molar-refractivity contribution is 9.10. The molecule has 2 rings (SSSR count). The van der Waals surface area contributed by atoms with Crippen LogP contribution in [-0.2, 0) is 6.54 Å². The van der Waals surface area contributed by atoms with Gasteiger partial charge in [-0.15, -0.1) is 0 Å². The number of aliphatic hydroxyl groups is 1. The van der Waals surface area contributed by atoms with Crippen molar-refractivity contribution in [1.82, 2.24) is 15.3 Å². The summed E-state index contributed by atoms with van der Waals surface area (Å²) >= 11 is 3.43. The maximum atomic E-state index is 8.80. The van der Waals surface area contributed by atoms with Crippen LogP contribution in [0.3, 0.4) is 0 Å². The fourth-order valence-electron chi connectivity index (χ4n) is 2.00. The second kappa shape index (κ2) is 7.57. The SMILES string of the molecule is CC(CCCO)NCc1ncc(-c2ccc(Br)cc2)[nH]1. The van der Waals surface area contributed by atoms with Gasteiger partial charge in [0.15, 0.2) is 0 Å². The first kappa shape index (κ1) is 15.2. The predicted octanol–water partition coefficient (Wildman–Crippen LogP) is 3.09. The Morgan fingerprint density at radius 3 is 2.80 bits per heavy atom. The van der Waals surface area contributed by atoms with Crippen LogP contribution < -0.4 is 5.32 Å². The summed E-state index contributed by atoms with van der Waals surface area (Å²) in [4.78, 5) is 7.71. The summed E-state index contributed by atoms with van der Waals surface area (Å²) in [5.41, 5.74) is 2.15. The third-order valence-electron chi connectivity index (χ3n) is 3.20. The van der Waals surface area contributed by atoms with E-state index in [-0.39, 0.29) is 6.61 Å². The summed E-state index contributed by atoms with van der Waals surface area (Å²) in [5.74, 6) is 0.929. The van der Waals surface area contributed by atoms with Crippen LogP contribution in [0.5, 0.6) is 0 Å². The molecule has 0 aliphatic heterocycles. The first-order chi connectivity index (χ1) is 9.69. The summed E-state index contributed by atoms with van der Waals surface area (Å²) < 4.78 is 1.07. The van der Waals surface area contributed by atoms with Crippen LogP contribution >= 0.6 is 15.9 Å². The Morgan fingerprint density at radius 2 is 2.10 bits per heavy atom. The van der Waals surface area contributed by atoms with Crippen molar-refractivity contribution in [2.75, 3.05) is 6.61 Å². The highest BCUT2D eigenvalue weighted by Crippen LogP contribution is 2.19. The summed E-state index contributed by atoms with van der Waals surface area (Å²) in [7, 11) is 0. The lowest BCUT2D eigenvalue weighted by Gasteiger charge is -2.11. The van der Waals surface area contributed by atoms with Crippen LogP contribution in [0.25, 0.3) is 11.3 Å². The van der Waals surface area contributed by atoms with Crippen molar-refractivity contribution in [3.05, 3.63) is 40.8 Å². The molecule has 3 N–H and O–H groups in total. The van der Waals surface area contributed by atoms with Gasteiger partial charge in [0.05, 0.1) is 18.4 Å². The fourth-order valence-corrected chi connectivity index (χ4v) is 2.26. The molecule has 0 aliphatic rings. The zero-order chi connectivity index (χ0) is 14.4. The molecule has 0 aliphatic carbocycles. The molecular formula is C15H20BrN3O. The van der Waals surface area contributed by atoms with Gasteiger partial charge in [-0.05, 0) is 37.5 Å². The Hall–Kier alpha value is -1.17. The van der Waals surface area contributed by atoms with Gasteiger partial charge < -0.3 is 15.4 Å². The number of hydrogen-bond donors (Lipinski definition) is 3. The van der Waals surface area contributed by atoms with E-state index in [4.69, 9.17) is 5.11 Å². The second-order valence-electron chi connectivity index (χ2n) is 4.90. The smallest absolute Gasteiger partial charge is 0.120 e. The fraction of sp³-hybridized carbons (Fsp3) is 0.400. The van der Waals surface area contributed by atoms with Gasteiger partial charge in [-0.25, -0.2) is 4.98 Å². The van der Waals surface area contributed by atoms with Crippen LogP contribution in [0.4, 0.5) is 0 Å². The molecule has 0 saturated heterocycles. The molecule has 0 radical (unpaired) electrons. The minimum absolute atomic E-state index is 0.250. The number of rotatable bonds is 7. The molecule has 1 heterocycles. The minimum Gasteiger partial charge on any atom is -0.396 e. The summed E-state index contributed by atoms with van der Waals surface area (Å²) in [6.45, 7) is 3.08. The van der Waals surface area contributed by atoms with E-state index in [0.717, 1.165) is 34.4 Å². The van der Waals surface area contributed by atoms with E-state index in [2.05, 4.69) is 50.3 Å². The normalized spacial score (nSPS) is 12.6. The van der Waals surface area contributed by atoms with E-state index in [1.807, 2.05) is 18.3 Å². The molecular weight excluding hydrogens is 318 g/mol. The van der Waals surface area contributed by atoms with Crippen molar-refractivity contribution in [2.24, 2.45) is 0 Å². The average molecular weight is 338 g/mol. The molecule has 4 nitrogen and oxygen atoms in total. The molecule has 2 aromatic rings. The number of benzene rings is 1. The van der Waals surface area contributed by atoms with Gasteiger partial charge in [0.1, 0.15) is 5.82 Å². The largest absolute Gasteiger partial charge is 0.396 e. The highest BCUT2D eigenvalue weighted by atomic mass is 79.9. The minimum atomic E-state index is 0.250. The van der Waals surface area contributed by atoms with E-state index >= 15 is 0 Å². The monoisotopic (exact) mass is 337 g/mol. The average Bonchev–Trinajstić information content (AvgIpc) is 2.92. The number of H-pyrrole nitrogens is 1. The number of halogens is 1. The van der Waals surface area contributed by atoms with Crippen molar-refractivity contribution in [3.8, 4) is 11.3 Å². The Bertz CT molecular complexity index is 524. The molecule has 0 saturated carbocycles. The summed E-state index contributed by atoms with van der Waals surface area (Å²) in [5, 5.41) is 12.2. The van der Waals surface area contributed by atoms with Gasteiger partial charge in [0, 0.05) is 17.1 Å². The van der Waals surface area contributed by atoms with Gasteiger partial charge in [-0.3, -0.25) is 0 Å². The summed E-state index contributed by atoms with van der Waals surface area (Å²) in [6.07, 6.45) is 3.66. The standard InChI is InChI=1S/C15H20BrN3O/c1-11(3-2-8-20)17-10-15-18-9-14(19-15)12-4-6-13(16)7-5-12/h4-7,9,11,17,20H,2-3,8,10H2,1H3,(H,18,19). The molecule has 1 aromatic heterocycles. The molecule has 0 amide bonds. The number of aliphatic hydroxyl groups excluding tert-OH is 1. The molecule has 0 fully saturated rings. The number of hydrogen-bond acceptors (Lipinski definition) is 3. The van der Waals surface area contributed by atoms with Gasteiger partial charge in [0.2, 0.25) is 0 Å². The maximum Gasteiger partial charge on any atom is 0.120 e. The Balaban J connectivity index is 1.90. The van der Waals surface area contributed by atoms with Crippen LogP contribution in [0.1, 0.15) is 25.6 Å². The summed E-state index contributed by atoms with van der Waals surface area (Å²) in [6, 6.07) is 8.52.